The minimum atomic E-state index is 0.226. The Kier molecular flexibility index (Phi) is 3.81. The maximum Gasteiger partial charge on any atom is 0.0845 e. The zero-order valence-electron chi connectivity index (χ0n) is 11.4. The summed E-state index contributed by atoms with van der Waals surface area (Å²) in [5.74, 6) is 0. The van der Waals surface area contributed by atoms with Crippen LogP contribution in [0.2, 0.25) is 0 Å². The van der Waals surface area contributed by atoms with Crippen LogP contribution in [0, 0.1) is 0 Å². The summed E-state index contributed by atoms with van der Waals surface area (Å²) in [6, 6.07) is 15.7. The summed E-state index contributed by atoms with van der Waals surface area (Å²) in [6.07, 6.45) is 2.42. The van der Waals surface area contributed by atoms with Crippen molar-refractivity contribution < 1.29 is 4.74 Å². The molecule has 100 valence electrons. The molecule has 2 nitrogen and oxygen atoms in total. The summed E-state index contributed by atoms with van der Waals surface area (Å²) in [5, 5.41) is 6.18. The first-order valence-corrected chi connectivity index (χ1v) is 7.21. The van der Waals surface area contributed by atoms with Gasteiger partial charge in [-0.1, -0.05) is 49.4 Å². The number of nitrogens with one attached hydrogen (secondary N) is 1. The number of hydrogen-bond donors (Lipinski definition) is 1. The fourth-order valence-corrected chi connectivity index (χ4v) is 3.02. The van der Waals surface area contributed by atoms with E-state index in [-0.39, 0.29) is 6.10 Å². The van der Waals surface area contributed by atoms with E-state index in [4.69, 9.17) is 4.74 Å². The molecule has 2 aromatic rings. The van der Waals surface area contributed by atoms with Crippen molar-refractivity contribution in [3.63, 3.8) is 0 Å². The van der Waals surface area contributed by atoms with Crippen molar-refractivity contribution in [1.29, 1.82) is 0 Å². The third kappa shape index (κ3) is 2.65. The van der Waals surface area contributed by atoms with Crippen LogP contribution in [0.5, 0.6) is 0 Å². The number of fused-ring (bicyclic) bond motifs is 1. The molecule has 0 radical (unpaired) electrons. The molecule has 2 aromatic carbocycles. The monoisotopic (exact) mass is 255 g/mol. The predicted octanol–water partition coefficient (Wildman–Crippen LogP) is 3.67. The van der Waals surface area contributed by atoms with E-state index in [0.29, 0.717) is 6.04 Å². The molecule has 1 saturated heterocycles. The van der Waals surface area contributed by atoms with Crippen molar-refractivity contribution in [2.45, 2.75) is 31.9 Å². The van der Waals surface area contributed by atoms with Gasteiger partial charge >= 0.3 is 0 Å². The van der Waals surface area contributed by atoms with Gasteiger partial charge < -0.3 is 10.1 Å². The Labute approximate surface area is 114 Å². The quantitative estimate of drug-likeness (QED) is 0.903. The zero-order valence-corrected chi connectivity index (χ0v) is 11.4. The van der Waals surface area contributed by atoms with Crippen molar-refractivity contribution in [2.75, 3.05) is 13.2 Å². The Balaban J connectivity index is 1.91. The first kappa shape index (κ1) is 12.6. The fourth-order valence-electron chi connectivity index (χ4n) is 3.02. The lowest BCUT2D eigenvalue weighted by Crippen LogP contribution is -2.35. The Hall–Kier alpha value is -1.38. The molecule has 1 N–H and O–H groups in total. The van der Waals surface area contributed by atoms with Gasteiger partial charge in [0.15, 0.2) is 0 Å². The van der Waals surface area contributed by atoms with E-state index in [2.05, 4.69) is 54.7 Å². The highest BCUT2D eigenvalue weighted by molar-refractivity contribution is 5.86. The highest BCUT2D eigenvalue weighted by Gasteiger charge is 2.24. The molecule has 0 bridgehead atoms. The third-order valence-electron chi connectivity index (χ3n) is 3.95. The maximum absolute atomic E-state index is 6.01. The molecular formula is C17H21NO. The summed E-state index contributed by atoms with van der Waals surface area (Å²) < 4.78 is 6.01. The van der Waals surface area contributed by atoms with Gasteiger partial charge in [-0.15, -0.1) is 0 Å². The van der Waals surface area contributed by atoms with Gasteiger partial charge in [0.1, 0.15) is 0 Å². The van der Waals surface area contributed by atoms with Gasteiger partial charge in [-0.25, -0.2) is 0 Å². The van der Waals surface area contributed by atoms with Crippen LogP contribution in [0.15, 0.2) is 42.5 Å². The zero-order chi connectivity index (χ0) is 13.1. The van der Waals surface area contributed by atoms with E-state index in [1.807, 2.05) is 0 Å². The summed E-state index contributed by atoms with van der Waals surface area (Å²) in [5.41, 5.74) is 1.33. The van der Waals surface area contributed by atoms with Crippen molar-refractivity contribution in [3.05, 3.63) is 48.0 Å². The first-order chi connectivity index (χ1) is 9.38. The molecule has 1 fully saturated rings. The van der Waals surface area contributed by atoms with E-state index < -0.39 is 0 Å². The first-order valence-electron chi connectivity index (χ1n) is 7.21. The summed E-state index contributed by atoms with van der Waals surface area (Å²) in [6.45, 7) is 4.06. The SMILES string of the molecule is CCNC1CCOC(c2cccc3ccccc23)C1. The average Bonchev–Trinajstić information content (AvgIpc) is 2.47. The second-order valence-corrected chi connectivity index (χ2v) is 5.21. The number of rotatable bonds is 3. The summed E-state index contributed by atoms with van der Waals surface area (Å²) in [7, 11) is 0. The van der Waals surface area contributed by atoms with Crippen molar-refractivity contribution in [2.24, 2.45) is 0 Å². The second kappa shape index (κ2) is 5.72. The molecule has 19 heavy (non-hydrogen) atoms. The van der Waals surface area contributed by atoms with E-state index in [1.54, 1.807) is 0 Å². The Morgan fingerprint density at radius 1 is 1.16 bits per heavy atom. The second-order valence-electron chi connectivity index (χ2n) is 5.21. The topological polar surface area (TPSA) is 21.3 Å². The van der Waals surface area contributed by atoms with Crippen LogP contribution in [0.3, 0.4) is 0 Å². The predicted molar refractivity (Wildman–Crippen MR) is 79.3 cm³/mol. The molecule has 0 saturated carbocycles. The lowest BCUT2D eigenvalue weighted by atomic mass is 9.93. The Morgan fingerprint density at radius 2 is 2.00 bits per heavy atom. The van der Waals surface area contributed by atoms with Crippen molar-refractivity contribution in [1.82, 2.24) is 5.32 Å². The molecule has 1 heterocycles. The van der Waals surface area contributed by atoms with Gasteiger partial charge in [-0.3, -0.25) is 0 Å². The van der Waals surface area contributed by atoms with Crippen LogP contribution < -0.4 is 5.32 Å². The highest BCUT2D eigenvalue weighted by atomic mass is 16.5. The van der Waals surface area contributed by atoms with E-state index in [1.165, 1.54) is 16.3 Å². The number of ether oxygens (including phenoxy) is 1. The van der Waals surface area contributed by atoms with Gasteiger partial charge in [0.25, 0.3) is 0 Å². The Bertz CT molecular complexity index is 544. The van der Waals surface area contributed by atoms with Crippen molar-refractivity contribution in [3.8, 4) is 0 Å². The molecule has 1 aliphatic heterocycles. The molecule has 2 heteroatoms. The van der Waals surface area contributed by atoms with Crippen LogP contribution in [-0.4, -0.2) is 19.2 Å². The van der Waals surface area contributed by atoms with Crippen LogP contribution in [-0.2, 0) is 4.74 Å². The molecule has 1 aliphatic rings. The molecular weight excluding hydrogens is 234 g/mol. The van der Waals surface area contributed by atoms with Gasteiger partial charge in [-0.2, -0.15) is 0 Å². The van der Waals surface area contributed by atoms with Gasteiger partial charge in [-0.05, 0) is 35.7 Å². The lowest BCUT2D eigenvalue weighted by Gasteiger charge is -2.31. The normalized spacial score (nSPS) is 23.6. The molecule has 2 atom stereocenters. The smallest absolute Gasteiger partial charge is 0.0845 e. The van der Waals surface area contributed by atoms with Crippen LogP contribution in [0.25, 0.3) is 10.8 Å². The van der Waals surface area contributed by atoms with Crippen LogP contribution >= 0.6 is 0 Å². The average molecular weight is 255 g/mol. The summed E-state index contributed by atoms with van der Waals surface area (Å²) in [4.78, 5) is 0. The molecule has 0 aromatic heterocycles. The van der Waals surface area contributed by atoms with Crippen molar-refractivity contribution >= 4 is 10.8 Å². The summed E-state index contributed by atoms with van der Waals surface area (Å²) >= 11 is 0. The minimum absolute atomic E-state index is 0.226. The van der Waals surface area contributed by atoms with Gasteiger partial charge in [0.05, 0.1) is 6.10 Å². The molecule has 2 unspecified atom stereocenters. The van der Waals surface area contributed by atoms with E-state index >= 15 is 0 Å². The Morgan fingerprint density at radius 3 is 2.89 bits per heavy atom. The molecule has 0 amide bonds. The van der Waals surface area contributed by atoms with E-state index in [9.17, 15) is 0 Å². The van der Waals surface area contributed by atoms with Crippen LogP contribution in [0.4, 0.5) is 0 Å². The lowest BCUT2D eigenvalue weighted by molar-refractivity contribution is 0.00145. The van der Waals surface area contributed by atoms with Gasteiger partial charge in [0, 0.05) is 12.6 Å². The van der Waals surface area contributed by atoms with Gasteiger partial charge in [0.2, 0.25) is 0 Å². The fraction of sp³-hybridized carbons (Fsp3) is 0.412. The van der Waals surface area contributed by atoms with E-state index in [0.717, 1.165) is 26.0 Å². The third-order valence-corrected chi connectivity index (χ3v) is 3.95. The van der Waals surface area contributed by atoms with Crippen LogP contribution in [0.1, 0.15) is 31.4 Å². The largest absolute Gasteiger partial charge is 0.373 e. The standard InChI is InChI=1S/C17H21NO/c1-2-18-14-10-11-19-17(12-14)16-9-5-7-13-6-3-4-8-15(13)16/h3-9,14,17-18H,2,10-12H2,1H3. The maximum atomic E-state index is 6.01. The highest BCUT2D eigenvalue weighted by Crippen LogP contribution is 2.32. The minimum Gasteiger partial charge on any atom is -0.373 e. The molecule has 0 aliphatic carbocycles. The number of benzene rings is 2. The molecule has 3 rings (SSSR count). The molecule has 0 spiro atoms. The number of hydrogen-bond acceptors (Lipinski definition) is 2.